The molecule has 2 N–H and O–H groups in total. The highest BCUT2D eigenvalue weighted by Gasteiger charge is 2.37. The van der Waals surface area contributed by atoms with Gasteiger partial charge in [0.2, 0.25) is 0 Å². The van der Waals surface area contributed by atoms with E-state index in [1.807, 2.05) is 0 Å². The van der Waals surface area contributed by atoms with Crippen molar-refractivity contribution < 1.29 is 35.9 Å². The molecule has 2 aromatic heterocycles. The summed E-state index contributed by atoms with van der Waals surface area (Å²) < 4.78 is 85.4. The molecule has 35 heavy (non-hydrogen) atoms. The molecule has 8 nitrogen and oxygen atoms in total. The lowest BCUT2D eigenvalue weighted by atomic mass is 10.0. The number of halogens is 6. The lowest BCUT2D eigenvalue weighted by molar-refractivity contribution is -0.143. The van der Waals surface area contributed by atoms with E-state index >= 15 is 0 Å². The number of aromatic nitrogens is 4. The molecule has 3 heterocycles. The predicted molar refractivity (Wildman–Crippen MR) is 109 cm³/mol. The van der Waals surface area contributed by atoms with Gasteiger partial charge in [-0.25, -0.2) is 4.79 Å². The lowest BCUT2D eigenvalue weighted by Gasteiger charge is -2.26. The first-order chi connectivity index (χ1) is 16.3. The molecule has 1 amide bonds. The van der Waals surface area contributed by atoms with Gasteiger partial charge >= 0.3 is 18.0 Å². The molecule has 1 aliphatic heterocycles. The maximum Gasteiger partial charge on any atom is 0.416 e. The van der Waals surface area contributed by atoms with E-state index in [2.05, 4.69) is 10.1 Å². The first-order valence-electron chi connectivity index (χ1n) is 9.89. The third-order valence-electron chi connectivity index (χ3n) is 5.19. The number of benzene rings is 1. The van der Waals surface area contributed by atoms with Gasteiger partial charge in [-0.3, -0.25) is 14.3 Å². The number of hydrogen-bond donors (Lipinski definition) is 1. The number of amides is 1. The minimum Gasteiger partial charge on any atom is -0.373 e. The lowest BCUT2D eigenvalue weighted by Crippen LogP contribution is -2.23. The Bertz CT molecular complexity index is 1340. The summed E-state index contributed by atoms with van der Waals surface area (Å²) in [5.41, 5.74) is 0.995. The summed E-state index contributed by atoms with van der Waals surface area (Å²) in [6, 6.07) is 2.23. The van der Waals surface area contributed by atoms with Crippen molar-refractivity contribution in [2.45, 2.75) is 24.9 Å². The van der Waals surface area contributed by atoms with Crippen molar-refractivity contribution in [3.05, 3.63) is 75.7 Å². The molecule has 0 aliphatic carbocycles. The first kappa shape index (κ1) is 24.2. The molecule has 3 aromatic rings. The highest BCUT2D eigenvalue weighted by atomic mass is 19.4. The standard InChI is InChI=1S/C21H15F6N5O3/c22-20(23,24)13-4-14(21(25,26)27)6-15(5-13)32-19(34)31(10-30-32)9-16(18(28)33)11-3-12(8-29-7-11)17-1-2-35-17/h3-10,17H,1-2H2,(H2,28,33)/b16-9+. The molecule has 14 heteroatoms. The average Bonchev–Trinajstić information content (AvgIpc) is 3.09. The second-order valence-corrected chi connectivity index (χ2v) is 7.56. The summed E-state index contributed by atoms with van der Waals surface area (Å²) in [7, 11) is 0. The van der Waals surface area contributed by atoms with Crippen LogP contribution in [0.2, 0.25) is 0 Å². The van der Waals surface area contributed by atoms with Crippen LogP contribution in [0.25, 0.3) is 17.5 Å². The van der Waals surface area contributed by atoms with Gasteiger partial charge in [-0.05, 0) is 29.8 Å². The number of primary amides is 1. The highest BCUT2D eigenvalue weighted by molar-refractivity contribution is 6.22. The maximum absolute atomic E-state index is 13.2. The van der Waals surface area contributed by atoms with Gasteiger partial charge in [-0.1, -0.05) is 0 Å². The van der Waals surface area contributed by atoms with Gasteiger partial charge in [0, 0.05) is 30.6 Å². The number of nitrogens with two attached hydrogens (primary N) is 1. The Hall–Kier alpha value is -3.94. The van der Waals surface area contributed by atoms with Gasteiger partial charge in [0.25, 0.3) is 5.91 Å². The average molecular weight is 499 g/mol. The molecular weight excluding hydrogens is 484 g/mol. The summed E-state index contributed by atoms with van der Waals surface area (Å²) in [4.78, 5) is 28.9. The molecule has 1 fully saturated rings. The van der Waals surface area contributed by atoms with Crippen LogP contribution in [0, 0.1) is 0 Å². The molecule has 1 unspecified atom stereocenters. The Kier molecular flexibility index (Phi) is 6.00. The third kappa shape index (κ3) is 4.96. The van der Waals surface area contributed by atoms with Gasteiger partial charge in [-0.15, -0.1) is 0 Å². The van der Waals surface area contributed by atoms with E-state index in [9.17, 15) is 35.9 Å². The van der Waals surface area contributed by atoms with Crippen LogP contribution in [-0.4, -0.2) is 31.8 Å². The van der Waals surface area contributed by atoms with Gasteiger partial charge < -0.3 is 10.5 Å². The molecular formula is C21H15F6N5O3. The number of alkyl halides is 6. The fourth-order valence-corrected chi connectivity index (χ4v) is 3.34. The number of pyridine rings is 1. The predicted octanol–water partition coefficient (Wildman–Crippen LogP) is 3.41. The zero-order valence-electron chi connectivity index (χ0n) is 17.5. The van der Waals surface area contributed by atoms with Crippen LogP contribution in [0.5, 0.6) is 0 Å². The molecule has 0 spiro atoms. The van der Waals surface area contributed by atoms with Crippen LogP contribution < -0.4 is 11.4 Å². The Labute approximate surface area is 192 Å². The van der Waals surface area contributed by atoms with Crippen LogP contribution in [0.4, 0.5) is 26.3 Å². The second kappa shape index (κ2) is 8.69. The Morgan fingerprint density at radius 1 is 1.06 bits per heavy atom. The van der Waals surface area contributed by atoms with Crippen molar-refractivity contribution in [2.24, 2.45) is 5.73 Å². The van der Waals surface area contributed by atoms with Crippen LogP contribution in [0.3, 0.4) is 0 Å². The summed E-state index contributed by atoms with van der Waals surface area (Å²) in [6.45, 7) is 0.563. The van der Waals surface area contributed by atoms with Crippen molar-refractivity contribution in [1.29, 1.82) is 0 Å². The zero-order chi connectivity index (χ0) is 25.5. The summed E-state index contributed by atoms with van der Waals surface area (Å²) in [5.74, 6) is -0.962. The SMILES string of the molecule is NC(=O)/C(=C/n1cnn(-c2cc(C(F)(F)F)cc(C(F)(F)F)c2)c1=O)c1cncc(C2CCO2)c1. The van der Waals surface area contributed by atoms with E-state index in [4.69, 9.17) is 10.5 Å². The Morgan fingerprint density at radius 3 is 2.20 bits per heavy atom. The number of rotatable bonds is 5. The Morgan fingerprint density at radius 2 is 1.69 bits per heavy atom. The highest BCUT2D eigenvalue weighted by Crippen LogP contribution is 2.37. The number of carbonyl (C=O) groups excluding carboxylic acids is 1. The van der Waals surface area contributed by atoms with Crippen molar-refractivity contribution in [1.82, 2.24) is 19.3 Å². The van der Waals surface area contributed by atoms with Crippen molar-refractivity contribution in [2.75, 3.05) is 6.61 Å². The van der Waals surface area contributed by atoms with Crippen LogP contribution in [-0.2, 0) is 21.9 Å². The number of hydrogen-bond acceptors (Lipinski definition) is 5. The maximum atomic E-state index is 13.2. The second-order valence-electron chi connectivity index (χ2n) is 7.56. The van der Waals surface area contributed by atoms with E-state index in [-0.39, 0.29) is 23.3 Å². The van der Waals surface area contributed by atoms with Crippen molar-refractivity contribution in [3.63, 3.8) is 0 Å². The third-order valence-corrected chi connectivity index (χ3v) is 5.19. The zero-order valence-corrected chi connectivity index (χ0v) is 17.5. The monoisotopic (exact) mass is 499 g/mol. The molecule has 1 aromatic carbocycles. The molecule has 0 bridgehead atoms. The van der Waals surface area contributed by atoms with Gasteiger partial charge in [0.15, 0.2) is 0 Å². The van der Waals surface area contributed by atoms with E-state index in [1.54, 1.807) is 6.07 Å². The largest absolute Gasteiger partial charge is 0.416 e. The number of carbonyl (C=O) groups is 1. The molecule has 0 saturated carbocycles. The van der Waals surface area contributed by atoms with E-state index < -0.39 is 40.8 Å². The summed E-state index contributed by atoms with van der Waals surface area (Å²) in [6.07, 6.45) is -5.07. The smallest absolute Gasteiger partial charge is 0.373 e. The number of nitrogens with zero attached hydrogens (tertiary/aromatic N) is 4. The summed E-state index contributed by atoms with van der Waals surface area (Å²) >= 11 is 0. The molecule has 0 radical (unpaired) electrons. The van der Waals surface area contributed by atoms with Crippen molar-refractivity contribution >= 4 is 17.7 Å². The molecule has 1 aliphatic rings. The van der Waals surface area contributed by atoms with Crippen LogP contribution in [0.1, 0.15) is 34.8 Å². The van der Waals surface area contributed by atoms with Crippen LogP contribution in [0.15, 0.2) is 47.8 Å². The minimum absolute atomic E-state index is 0.0670. The van der Waals surface area contributed by atoms with Gasteiger partial charge in [-0.2, -0.15) is 36.1 Å². The van der Waals surface area contributed by atoms with Gasteiger partial charge in [0.1, 0.15) is 6.33 Å². The van der Waals surface area contributed by atoms with Crippen molar-refractivity contribution in [3.8, 4) is 5.69 Å². The molecule has 1 saturated heterocycles. The molecule has 184 valence electrons. The normalized spacial score (nSPS) is 16.7. The first-order valence-corrected chi connectivity index (χ1v) is 9.89. The topological polar surface area (TPSA) is 105 Å². The fourth-order valence-electron chi connectivity index (χ4n) is 3.34. The minimum atomic E-state index is -5.11. The number of ether oxygens (including phenoxy) is 1. The molecule has 4 rings (SSSR count). The quantitative estimate of drug-likeness (QED) is 0.428. The van der Waals surface area contributed by atoms with Crippen LogP contribution >= 0.6 is 0 Å². The molecule has 1 atom stereocenters. The van der Waals surface area contributed by atoms with E-state index in [0.717, 1.165) is 18.9 Å². The Balaban J connectivity index is 1.79. The van der Waals surface area contributed by atoms with E-state index in [0.29, 0.717) is 33.6 Å². The fraction of sp³-hybridized carbons (Fsp3) is 0.238. The van der Waals surface area contributed by atoms with E-state index in [1.165, 1.54) is 12.4 Å². The van der Waals surface area contributed by atoms with Gasteiger partial charge in [0.05, 0.1) is 35.1 Å². The summed E-state index contributed by atoms with van der Waals surface area (Å²) in [5, 5.41) is 3.61.